The van der Waals surface area contributed by atoms with E-state index in [0.717, 1.165) is 38.1 Å². The zero-order valence-electron chi connectivity index (χ0n) is 15.0. The van der Waals surface area contributed by atoms with E-state index in [1.807, 2.05) is 35.2 Å². The second-order valence-corrected chi connectivity index (χ2v) is 7.47. The van der Waals surface area contributed by atoms with Gasteiger partial charge in [-0.1, -0.05) is 19.1 Å². The quantitative estimate of drug-likeness (QED) is 0.908. The van der Waals surface area contributed by atoms with Crippen molar-refractivity contribution < 1.29 is 14.0 Å². The van der Waals surface area contributed by atoms with Crippen LogP contribution in [0.2, 0.25) is 0 Å². The van der Waals surface area contributed by atoms with Crippen LogP contribution < -0.4 is 5.32 Å². The molecule has 1 aliphatic carbocycles. The molecule has 1 aromatic carbocycles. The number of likely N-dealkylation sites (tertiary alicyclic amines) is 1. The van der Waals surface area contributed by atoms with Gasteiger partial charge in [-0.05, 0) is 49.4 Å². The van der Waals surface area contributed by atoms with Gasteiger partial charge in [-0.15, -0.1) is 0 Å². The number of nitrogens with one attached hydrogen (secondary N) is 1. The lowest BCUT2D eigenvalue weighted by Gasteiger charge is -2.30. The molecule has 1 saturated carbocycles. The summed E-state index contributed by atoms with van der Waals surface area (Å²) < 4.78 is 5.40. The normalized spacial score (nSPS) is 22.9. The number of carbonyl (C=O) groups excluding carboxylic acids is 2. The molecule has 2 unspecified atom stereocenters. The topological polar surface area (TPSA) is 62.6 Å². The van der Waals surface area contributed by atoms with Gasteiger partial charge in [-0.25, -0.2) is 0 Å². The minimum atomic E-state index is -0.0832. The predicted molar refractivity (Wildman–Crippen MR) is 98.9 cm³/mol. The maximum absolute atomic E-state index is 12.9. The average molecular weight is 352 g/mol. The molecule has 2 atom stereocenters. The molecule has 2 heterocycles. The van der Waals surface area contributed by atoms with Crippen molar-refractivity contribution in [1.82, 2.24) is 4.90 Å². The highest BCUT2D eigenvalue weighted by Crippen LogP contribution is 2.48. The number of hydrogen-bond donors (Lipinski definition) is 1. The molecule has 1 N–H and O–H groups in total. The van der Waals surface area contributed by atoms with Crippen LogP contribution in [0.1, 0.15) is 48.2 Å². The molecule has 136 valence electrons. The molecule has 2 aliphatic rings. The molecule has 26 heavy (non-hydrogen) atoms. The van der Waals surface area contributed by atoms with E-state index in [1.54, 1.807) is 12.3 Å². The fourth-order valence-electron chi connectivity index (χ4n) is 3.69. The first-order valence-corrected chi connectivity index (χ1v) is 9.36. The van der Waals surface area contributed by atoms with E-state index in [9.17, 15) is 9.59 Å². The minimum absolute atomic E-state index is 0.00572. The maximum Gasteiger partial charge on any atom is 0.255 e. The van der Waals surface area contributed by atoms with Gasteiger partial charge in [0.15, 0.2) is 0 Å². The van der Waals surface area contributed by atoms with Crippen LogP contribution in [0.5, 0.6) is 0 Å². The van der Waals surface area contributed by atoms with E-state index in [2.05, 4.69) is 12.2 Å². The fraction of sp³-hybridized carbons (Fsp3) is 0.429. The highest BCUT2D eigenvalue weighted by molar-refractivity contribution is 6.04. The zero-order chi connectivity index (χ0) is 18.1. The van der Waals surface area contributed by atoms with E-state index < -0.39 is 0 Å². The van der Waals surface area contributed by atoms with Gasteiger partial charge in [0.2, 0.25) is 5.91 Å². The van der Waals surface area contributed by atoms with Crippen LogP contribution in [-0.2, 0) is 4.79 Å². The molecule has 1 aromatic heterocycles. The number of para-hydroxylation sites is 1. The van der Waals surface area contributed by atoms with Crippen molar-refractivity contribution in [2.24, 2.45) is 11.8 Å². The van der Waals surface area contributed by atoms with E-state index in [4.69, 9.17) is 4.42 Å². The number of hydrogen-bond acceptors (Lipinski definition) is 3. The fourth-order valence-corrected chi connectivity index (χ4v) is 3.69. The van der Waals surface area contributed by atoms with Gasteiger partial charge in [0.25, 0.3) is 5.91 Å². The van der Waals surface area contributed by atoms with Crippen molar-refractivity contribution in [3.63, 3.8) is 0 Å². The third kappa shape index (κ3) is 3.39. The van der Waals surface area contributed by atoms with Gasteiger partial charge >= 0.3 is 0 Å². The van der Waals surface area contributed by atoms with Crippen LogP contribution in [0.25, 0.3) is 0 Å². The number of rotatable bonds is 4. The monoisotopic (exact) mass is 352 g/mol. The van der Waals surface area contributed by atoms with Crippen LogP contribution in [0.3, 0.4) is 0 Å². The highest BCUT2D eigenvalue weighted by Gasteiger charge is 2.46. The van der Waals surface area contributed by atoms with Gasteiger partial charge < -0.3 is 14.6 Å². The number of carbonyl (C=O) groups is 2. The summed E-state index contributed by atoms with van der Waals surface area (Å²) in [5.74, 6) is 1.56. The lowest BCUT2D eigenvalue weighted by atomic mass is 9.98. The SMILES string of the molecule is CC1CCN(C(=O)c2ccccc2NC(=O)C2CC2c2ccco2)CC1. The summed E-state index contributed by atoms with van der Waals surface area (Å²) in [7, 11) is 0. The Kier molecular flexibility index (Phi) is 4.53. The molecule has 5 nitrogen and oxygen atoms in total. The van der Waals surface area contributed by atoms with Crippen LogP contribution in [-0.4, -0.2) is 29.8 Å². The van der Waals surface area contributed by atoms with E-state index in [1.165, 1.54) is 0 Å². The maximum atomic E-state index is 12.9. The second kappa shape index (κ2) is 6.98. The summed E-state index contributed by atoms with van der Waals surface area (Å²) in [4.78, 5) is 27.4. The lowest BCUT2D eigenvalue weighted by molar-refractivity contribution is -0.117. The Balaban J connectivity index is 1.44. The smallest absolute Gasteiger partial charge is 0.255 e. The first-order chi connectivity index (χ1) is 12.6. The van der Waals surface area contributed by atoms with Crippen LogP contribution in [0, 0.1) is 11.8 Å². The van der Waals surface area contributed by atoms with Gasteiger partial charge in [0.05, 0.1) is 17.5 Å². The number of amides is 2. The summed E-state index contributed by atoms with van der Waals surface area (Å²) in [6, 6.07) is 11.1. The van der Waals surface area contributed by atoms with Gasteiger partial charge in [-0.2, -0.15) is 0 Å². The van der Waals surface area contributed by atoms with Crippen molar-refractivity contribution in [3.8, 4) is 0 Å². The highest BCUT2D eigenvalue weighted by atomic mass is 16.3. The minimum Gasteiger partial charge on any atom is -0.469 e. The van der Waals surface area contributed by atoms with Gasteiger partial charge in [0, 0.05) is 24.9 Å². The molecule has 2 aromatic rings. The van der Waals surface area contributed by atoms with Crippen molar-refractivity contribution in [1.29, 1.82) is 0 Å². The average Bonchev–Trinajstić information content (AvgIpc) is 3.28. The first-order valence-electron chi connectivity index (χ1n) is 9.36. The molecule has 1 aliphatic heterocycles. The number of anilines is 1. The lowest BCUT2D eigenvalue weighted by Crippen LogP contribution is -2.38. The molecule has 1 saturated heterocycles. The molecular formula is C21H24N2O3. The second-order valence-electron chi connectivity index (χ2n) is 7.47. The third-order valence-corrected chi connectivity index (χ3v) is 5.52. The Hall–Kier alpha value is -2.56. The van der Waals surface area contributed by atoms with Crippen molar-refractivity contribution in [2.45, 2.75) is 32.1 Å². The van der Waals surface area contributed by atoms with Gasteiger partial charge in [0.1, 0.15) is 5.76 Å². The van der Waals surface area contributed by atoms with E-state index in [-0.39, 0.29) is 23.7 Å². The molecular weight excluding hydrogens is 328 g/mol. The molecule has 0 radical (unpaired) electrons. The van der Waals surface area contributed by atoms with Crippen molar-refractivity contribution >= 4 is 17.5 Å². The largest absolute Gasteiger partial charge is 0.469 e. The van der Waals surface area contributed by atoms with Crippen molar-refractivity contribution in [3.05, 3.63) is 54.0 Å². The van der Waals surface area contributed by atoms with Crippen LogP contribution in [0.15, 0.2) is 47.1 Å². The number of nitrogens with zero attached hydrogens (tertiary/aromatic N) is 1. The predicted octanol–water partition coefficient (Wildman–Crippen LogP) is 3.89. The molecule has 0 bridgehead atoms. The summed E-state index contributed by atoms with van der Waals surface area (Å²) in [6.45, 7) is 3.79. The Morgan fingerprint density at radius 2 is 1.88 bits per heavy atom. The zero-order valence-corrected chi connectivity index (χ0v) is 15.0. The number of benzene rings is 1. The molecule has 4 rings (SSSR count). The number of piperidine rings is 1. The summed E-state index contributed by atoms with van der Waals surface area (Å²) in [6.07, 6.45) is 4.50. The number of furan rings is 1. The standard InChI is InChI=1S/C21H24N2O3/c1-14-8-10-23(11-9-14)21(25)15-5-2-3-6-18(15)22-20(24)17-13-16(17)19-7-4-12-26-19/h2-7,12,14,16-17H,8-11,13H2,1H3,(H,22,24). The Bertz CT molecular complexity index is 791. The van der Waals surface area contributed by atoms with Crippen LogP contribution >= 0.6 is 0 Å². The molecule has 2 fully saturated rings. The Morgan fingerprint density at radius 1 is 1.12 bits per heavy atom. The van der Waals surface area contributed by atoms with Crippen LogP contribution in [0.4, 0.5) is 5.69 Å². The third-order valence-electron chi connectivity index (χ3n) is 5.52. The van der Waals surface area contributed by atoms with E-state index >= 15 is 0 Å². The van der Waals surface area contributed by atoms with Crippen molar-refractivity contribution in [2.75, 3.05) is 18.4 Å². The van der Waals surface area contributed by atoms with E-state index in [0.29, 0.717) is 17.2 Å². The molecule has 0 spiro atoms. The Labute approximate surface area is 153 Å². The summed E-state index contributed by atoms with van der Waals surface area (Å²) >= 11 is 0. The Morgan fingerprint density at radius 3 is 2.62 bits per heavy atom. The summed E-state index contributed by atoms with van der Waals surface area (Å²) in [5.41, 5.74) is 1.18. The first kappa shape index (κ1) is 16.9. The molecule has 2 amide bonds. The summed E-state index contributed by atoms with van der Waals surface area (Å²) in [5, 5.41) is 2.97. The van der Waals surface area contributed by atoms with Gasteiger partial charge in [-0.3, -0.25) is 9.59 Å². The molecule has 5 heteroatoms.